The molecule has 4 N–H and O–H groups in total. The van der Waals surface area contributed by atoms with E-state index >= 15 is 0 Å². The van der Waals surface area contributed by atoms with Gasteiger partial charge in [-0.1, -0.05) is 121 Å². The molecule has 8 atom stereocenters. The highest BCUT2D eigenvalue weighted by Gasteiger charge is 2.33. The van der Waals surface area contributed by atoms with Crippen molar-refractivity contribution in [2.45, 2.75) is 110 Å². The molecule has 29 heteroatoms. The van der Waals surface area contributed by atoms with E-state index < -0.39 is 36.5 Å². The number of aliphatic hydroxyl groups excluding tert-OH is 4. The van der Waals surface area contributed by atoms with E-state index in [1.54, 1.807) is 64.9 Å². The number of ether oxygens (including phenoxy) is 5. The quantitative estimate of drug-likeness (QED) is 0.0458. The fraction of sp³-hybridized carbons (Fsp3) is 0.269. The molecule has 27 nitrogen and oxygen atoms in total. The van der Waals surface area contributed by atoms with E-state index in [2.05, 4.69) is 112 Å². The number of nitrogens with zero attached hydrogens (tertiary/aromatic N) is 14. The van der Waals surface area contributed by atoms with Crippen LogP contribution in [0, 0.1) is 0 Å². The van der Waals surface area contributed by atoms with Crippen LogP contribution in [0.1, 0.15) is 94.4 Å². The van der Waals surface area contributed by atoms with Gasteiger partial charge in [0.15, 0.2) is 0 Å². The van der Waals surface area contributed by atoms with Crippen LogP contribution in [-0.4, -0.2) is 195 Å². The molecule has 4 saturated heterocycles. The van der Waals surface area contributed by atoms with Crippen LogP contribution in [-0.2, 0) is 44.6 Å². The SMILES string of the molecule is CN(C)c1ccc(-c2ccc(Cc3cc4c(=O)n([C@H]5CCOC[C@@H]5O)cnc4c4ccccc34)cn2)cc1.COc1cc(Cc2cc3c(=O)n([C@H]4COCC[C@@H]4O)cnc3c3ccccc23)ccn1.CSc1cc(Cc2cc3c(=O)n([C@H]4COCC[C@@H]4O)cnc3c3ccccc23)ccn1.CSc1ccc(-c2ccc(Cc3cc4c(=O)n([C@H]5CCOC[C@@H]5O)cnc4c4ccccc34)cn2)cn1. The molecule has 0 unspecified atom stereocenters. The van der Waals surface area contributed by atoms with E-state index in [9.17, 15) is 39.6 Å². The standard InChI is InChI=1S/C31H30N4O3.C29H26N4O3S.C24H23N3O4.C24H23N3O3S/c1-34(2)23-10-8-21(9-11-23)27-12-7-20(17-32-27)15-22-16-26-30(25-6-4-3-5-24(22)25)33-19-35(31(26)37)28-13-14-38-18-29(28)36;1-37-27-9-7-19(15-31-27)24-8-6-18(14-30-24)12-20-13-23-28(22-5-3-2-4-21(20)22)32-17-33(29(23)35)25-10-11-36-16-26(25)34;1-30-22-11-15(6-8-25-22)10-16-12-19-23(18-5-3-2-4-17(16)18)26-14-27(24(19)29)20-13-31-9-7-21(20)28;1-31-22-11-15(6-8-25-22)10-16-12-19-23(18-5-3-2-4-17(16)18)26-14-27(24(19)29)20-13-30-9-7-21(20)28/h3-12,16-17,19,28-29,36H,13-15,18H2,1-2H3;2-9,13-15,17,25-26,34H,10-12,16H2,1H3;2*2-6,8,11-12,14,20-21,28H,7,9-10,13H2,1H3/t28-,29-;25-,26-;2*20-,21-/m0000/s1. The van der Waals surface area contributed by atoms with Gasteiger partial charge in [-0.05, 0) is 209 Å². The number of hydrogen-bond donors (Lipinski definition) is 4. The summed E-state index contributed by atoms with van der Waals surface area (Å²) >= 11 is 3.22. The van der Waals surface area contributed by atoms with E-state index in [4.69, 9.17) is 28.7 Å². The van der Waals surface area contributed by atoms with Crippen LogP contribution in [0.15, 0.2) is 292 Å². The van der Waals surface area contributed by atoms with E-state index in [0.717, 1.165) is 126 Å². The number of aliphatic hydroxyl groups is 4. The maximum atomic E-state index is 13.6. The summed E-state index contributed by atoms with van der Waals surface area (Å²) in [6, 6.07) is 67.0. The summed E-state index contributed by atoms with van der Waals surface area (Å²) in [4.78, 5) is 97.3. The zero-order chi connectivity index (χ0) is 94.3. The van der Waals surface area contributed by atoms with Gasteiger partial charge in [0.1, 0.15) is 0 Å². The lowest BCUT2D eigenvalue weighted by molar-refractivity contribution is -0.0395. The molecule has 0 bridgehead atoms. The molecular weight excluding hydrogens is 1770 g/mol. The lowest BCUT2D eigenvalue weighted by Crippen LogP contribution is -2.39. The van der Waals surface area contributed by atoms with Crippen molar-refractivity contribution < 1.29 is 44.1 Å². The van der Waals surface area contributed by atoms with E-state index in [1.165, 1.54) is 15.5 Å². The monoisotopic (exact) mass is 1870 g/mol. The number of hydrogen-bond acceptors (Lipinski definition) is 25. The lowest BCUT2D eigenvalue weighted by atomic mass is 9.96. The van der Waals surface area contributed by atoms with Crippen molar-refractivity contribution in [1.82, 2.24) is 63.1 Å². The molecule has 0 saturated carbocycles. The number of rotatable bonds is 18. The third kappa shape index (κ3) is 19.6. The molecule has 694 valence electrons. The van der Waals surface area contributed by atoms with E-state index in [0.29, 0.717) is 140 Å². The molecule has 0 amide bonds. The predicted octanol–water partition coefficient (Wildman–Crippen LogP) is 15.7. The normalized spacial score (nSPS) is 18.4. The van der Waals surface area contributed by atoms with Gasteiger partial charge in [-0.25, -0.2) is 34.9 Å². The smallest absolute Gasteiger partial charge is 0.261 e. The molecule has 4 aliphatic heterocycles. The first-order valence-corrected chi connectivity index (χ1v) is 48.2. The maximum absolute atomic E-state index is 13.6. The van der Waals surface area contributed by atoms with Crippen molar-refractivity contribution in [3.8, 4) is 28.4 Å². The highest BCUT2D eigenvalue weighted by Crippen LogP contribution is 2.37. The summed E-state index contributed by atoms with van der Waals surface area (Å²) in [6.45, 7) is 3.08. The minimum Gasteiger partial charge on any atom is -0.481 e. The van der Waals surface area contributed by atoms with Crippen LogP contribution in [0.4, 0.5) is 5.69 Å². The Labute approximate surface area is 796 Å². The van der Waals surface area contributed by atoms with Crippen molar-refractivity contribution in [3.63, 3.8) is 0 Å². The van der Waals surface area contributed by atoms with E-state index in [1.807, 2.05) is 191 Å². The first-order valence-electron chi connectivity index (χ1n) is 45.8. The highest BCUT2D eigenvalue weighted by atomic mass is 32.2. The van der Waals surface area contributed by atoms with Gasteiger partial charge in [0.05, 0.1) is 172 Å². The number of anilines is 1. The molecular formula is C108H102N14O13S2. The highest BCUT2D eigenvalue weighted by molar-refractivity contribution is 7.98. The molecule has 0 aliphatic carbocycles. The molecule has 18 aromatic rings. The van der Waals surface area contributed by atoms with Gasteiger partial charge in [0.2, 0.25) is 5.88 Å². The zero-order valence-electron chi connectivity index (χ0n) is 76.3. The second kappa shape index (κ2) is 41.5. The summed E-state index contributed by atoms with van der Waals surface area (Å²) in [5, 5.41) is 53.9. The van der Waals surface area contributed by atoms with Crippen molar-refractivity contribution in [1.29, 1.82) is 0 Å². The fourth-order valence-corrected chi connectivity index (χ4v) is 19.8. The first kappa shape index (κ1) is 92.4. The molecule has 22 rings (SSSR count). The largest absolute Gasteiger partial charge is 0.481 e. The Kier molecular flexibility index (Phi) is 28.0. The number of aromatic nitrogens is 13. The van der Waals surface area contributed by atoms with Gasteiger partial charge in [-0.3, -0.25) is 47.4 Å². The van der Waals surface area contributed by atoms with Crippen LogP contribution in [0.2, 0.25) is 0 Å². The molecule has 4 aliphatic rings. The van der Waals surface area contributed by atoms with Gasteiger partial charge in [0.25, 0.3) is 22.2 Å². The van der Waals surface area contributed by atoms with Crippen LogP contribution in [0.5, 0.6) is 5.88 Å². The second-order valence-corrected chi connectivity index (χ2v) is 36.6. The summed E-state index contributed by atoms with van der Waals surface area (Å²) < 4.78 is 33.2. The summed E-state index contributed by atoms with van der Waals surface area (Å²) in [5.74, 6) is 0.554. The number of benzene rings is 9. The van der Waals surface area contributed by atoms with Gasteiger partial charge >= 0.3 is 0 Å². The average Bonchev–Trinajstić information content (AvgIpc) is 0.762. The molecule has 137 heavy (non-hydrogen) atoms. The Balaban J connectivity index is 0.000000117. The van der Waals surface area contributed by atoms with Gasteiger partial charge < -0.3 is 49.0 Å². The van der Waals surface area contributed by atoms with E-state index in [-0.39, 0.29) is 47.5 Å². The number of methoxy groups -OCH3 is 1. The lowest BCUT2D eigenvalue weighted by Gasteiger charge is -2.29. The van der Waals surface area contributed by atoms with Crippen molar-refractivity contribution >= 4 is 116 Å². The van der Waals surface area contributed by atoms with Gasteiger partial charge in [0, 0.05) is 116 Å². The summed E-state index contributed by atoms with van der Waals surface area (Å²) in [5.41, 5.74) is 15.6. The van der Waals surface area contributed by atoms with Crippen LogP contribution in [0.25, 0.3) is 109 Å². The Morgan fingerprint density at radius 1 is 0.343 bits per heavy atom. The van der Waals surface area contributed by atoms with Gasteiger partial charge in [-0.2, -0.15) is 0 Å². The third-order valence-electron chi connectivity index (χ3n) is 26.3. The Bertz CT molecular complexity index is 7540. The van der Waals surface area contributed by atoms with Crippen LogP contribution in [0.3, 0.4) is 0 Å². The molecule has 9 aromatic heterocycles. The third-order valence-corrected chi connectivity index (χ3v) is 27.6. The topological polar surface area (TPSA) is 334 Å². The predicted molar refractivity (Wildman–Crippen MR) is 537 cm³/mol. The zero-order valence-corrected chi connectivity index (χ0v) is 77.9. The Morgan fingerprint density at radius 3 is 1.07 bits per heavy atom. The maximum Gasteiger partial charge on any atom is 0.261 e. The minimum absolute atomic E-state index is 0.136. The van der Waals surface area contributed by atoms with Crippen molar-refractivity contribution in [2.75, 3.05) is 91.5 Å². The summed E-state index contributed by atoms with van der Waals surface area (Å²) in [6.07, 6.45) is 21.4. The van der Waals surface area contributed by atoms with Crippen molar-refractivity contribution in [2.24, 2.45) is 0 Å². The Morgan fingerprint density at radius 2 is 0.708 bits per heavy atom. The molecule has 4 fully saturated rings. The summed E-state index contributed by atoms with van der Waals surface area (Å²) in [7, 11) is 5.64. The second-order valence-electron chi connectivity index (χ2n) is 35.0. The number of pyridine rings is 5. The Hall–Kier alpha value is -13.7. The molecule has 0 spiro atoms. The molecule has 9 aromatic carbocycles. The number of fused-ring (bicyclic) bond motifs is 12. The molecule has 13 heterocycles. The van der Waals surface area contributed by atoms with Crippen LogP contribution >= 0.6 is 23.5 Å². The molecule has 0 radical (unpaired) electrons. The van der Waals surface area contributed by atoms with Crippen LogP contribution < -0.4 is 31.9 Å². The average molecular weight is 1870 g/mol. The minimum atomic E-state index is -0.734. The fourth-order valence-electron chi connectivity index (χ4n) is 19.0. The first-order chi connectivity index (χ1) is 66.9. The number of thioether (sulfide) groups is 2. The van der Waals surface area contributed by atoms with Gasteiger partial charge in [-0.15, -0.1) is 23.5 Å². The van der Waals surface area contributed by atoms with Crippen molar-refractivity contribution in [3.05, 3.63) is 348 Å².